The second kappa shape index (κ2) is 4.33. The average Bonchev–Trinajstić information content (AvgIpc) is 2.26. The average molecular weight is 236 g/mol. The summed E-state index contributed by atoms with van der Waals surface area (Å²) in [5.74, 6) is 0. The largest absolute Gasteiger partial charge is 0.386 e. The summed E-state index contributed by atoms with van der Waals surface area (Å²) < 4.78 is 0. The quantitative estimate of drug-likeness (QED) is 0.641. The standard InChI is InChI=1S/C12H16N2O3/c1-2-6-12(15)8-13(9-12)10-4-3-5-11(7-10)14(16)17/h3-5,7,15H,2,6,8-9H2,1H3. The Balaban J connectivity index is 2.06. The molecule has 0 saturated carbocycles. The van der Waals surface area contributed by atoms with E-state index in [0.717, 1.165) is 18.5 Å². The summed E-state index contributed by atoms with van der Waals surface area (Å²) >= 11 is 0. The highest BCUT2D eigenvalue weighted by molar-refractivity contribution is 5.55. The maximum Gasteiger partial charge on any atom is 0.271 e. The number of nitro groups is 1. The summed E-state index contributed by atoms with van der Waals surface area (Å²) in [6.45, 7) is 3.15. The number of anilines is 1. The minimum atomic E-state index is -0.612. The topological polar surface area (TPSA) is 66.6 Å². The highest BCUT2D eigenvalue weighted by atomic mass is 16.6. The van der Waals surface area contributed by atoms with Gasteiger partial charge in [0.1, 0.15) is 0 Å². The van der Waals surface area contributed by atoms with E-state index in [2.05, 4.69) is 0 Å². The van der Waals surface area contributed by atoms with Crippen molar-refractivity contribution in [2.45, 2.75) is 25.4 Å². The van der Waals surface area contributed by atoms with Crippen molar-refractivity contribution in [2.75, 3.05) is 18.0 Å². The Morgan fingerprint density at radius 3 is 2.82 bits per heavy atom. The molecule has 0 aromatic heterocycles. The van der Waals surface area contributed by atoms with Crippen LogP contribution in [0.25, 0.3) is 0 Å². The van der Waals surface area contributed by atoms with E-state index in [1.807, 2.05) is 17.9 Å². The molecule has 0 radical (unpaired) electrons. The molecule has 1 N–H and O–H groups in total. The van der Waals surface area contributed by atoms with Crippen LogP contribution in [0.1, 0.15) is 19.8 Å². The Morgan fingerprint density at radius 2 is 2.24 bits per heavy atom. The molecule has 1 aliphatic rings. The van der Waals surface area contributed by atoms with Gasteiger partial charge in [0.25, 0.3) is 5.69 Å². The van der Waals surface area contributed by atoms with Crippen molar-refractivity contribution < 1.29 is 10.0 Å². The number of benzene rings is 1. The zero-order chi connectivity index (χ0) is 12.5. The van der Waals surface area contributed by atoms with Crippen LogP contribution in [0.2, 0.25) is 0 Å². The minimum Gasteiger partial charge on any atom is -0.386 e. The van der Waals surface area contributed by atoms with Gasteiger partial charge in [-0.25, -0.2) is 0 Å². The van der Waals surface area contributed by atoms with Crippen LogP contribution in [0.5, 0.6) is 0 Å². The summed E-state index contributed by atoms with van der Waals surface area (Å²) in [5, 5.41) is 20.7. The van der Waals surface area contributed by atoms with Crippen LogP contribution >= 0.6 is 0 Å². The van der Waals surface area contributed by atoms with Crippen molar-refractivity contribution in [1.82, 2.24) is 0 Å². The first-order valence-corrected chi connectivity index (χ1v) is 5.76. The van der Waals surface area contributed by atoms with Crippen LogP contribution in [-0.2, 0) is 0 Å². The van der Waals surface area contributed by atoms with Gasteiger partial charge in [0.05, 0.1) is 10.5 Å². The van der Waals surface area contributed by atoms with Crippen LogP contribution in [0.15, 0.2) is 24.3 Å². The van der Waals surface area contributed by atoms with Gasteiger partial charge in [0.15, 0.2) is 0 Å². The fourth-order valence-corrected chi connectivity index (χ4v) is 2.27. The Kier molecular flexibility index (Phi) is 3.02. The number of rotatable bonds is 4. The molecule has 0 spiro atoms. The SMILES string of the molecule is CCCC1(O)CN(c2cccc([N+](=O)[O-])c2)C1. The van der Waals surface area contributed by atoms with Gasteiger partial charge in [-0.2, -0.15) is 0 Å². The summed E-state index contributed by atoms with van der Waals surface area (Å²) in [6, 6.07) is 6.52. The first-order chi connectivity index (χ1) is 8.04. The highest BCUT2D eigenvalue weighted by Crippen LogP contribution is 2.32. The van der Waals surface area contributed by atoms with Gasteiger partial charge in [0.2, 0.25) is 0 Å². The number of hydrogen-bond acceptors (Lipinski definition) is 4. The van der Waals surface area contributed by atoms with Crippen molar-refractivity contribution >= 4 is 11.4 Å². The summed E-state index contributed by atoms with van der Waals surface area (Å²) in [7, 11) is 0. The molecule has 1 aromatic rings. The predicted octanol–water partition coefficient (Wildman–Crippen LogP) is 1.95. The molecule has 0 unspecified atom stereocenters. The van der Waals surface area contributed by atoms with Gasteiger partial charge in [0, 0.05) is 30.9 Å². The number of β-amino-alcohol motifs (C(OH)–C–C–N with tert-alkyl or cyclic N) is 1. The van der Waals surface area contributed by atoms with E-state index in [1.165, 1.54) is 6.07 Å². The van der Waals surface area contributed by atoms with E-state index in [-0.39, 0.29) is 5.69 Å². The van der Waals surface area contributed by atoms with Crippen LogP contribution in [-0.4, -0.2) is 28.7 Å². The van der Waals surface area contributed by atoms with Crippen molar-refractivity contribution in [2.24, 2.45) is 0 Å². The third-order valence-corrected chi connectivity index (χ3v) is 3.09. The molecule has 1 aromatic carbocycles. The van der Waals surface area contributed by atoms with Gasteiger partial charge >= 0.3 is 0 Å². The van der Waals surface area contributed by atoms with Gasteiger partial charge in [-0.1, -0.05) is 19.4 Å². The number of hydrogen-bond donors (Lipinski definition) is 1. The van der Waals surface area contributed by atoms with E-state index in [1.54, 1.807) is 12.1 Å². The van der Waals surface area contributed by atoms with Crippen LogP contribution in [0.4, 0.5) is 11.4 Å². The molecular formula is C12H16N2O3. The molecular weight excluding hydrogens is 220 g/mol. The van der Waals surface area contributed by atoms with E-state index < -0.39 is 10.5 Å². The smallest absolute Gasteiger partial charge is 0.271 e. The van der Waals surface area contributed by atoms with Crippen molar-refractivity contribution in [1.29, 1.82) is 0 Å². The Morgan fingerprint density at radius 1 is 1.53 bits per heavy atom. The molecule has 0 aliphatic carbocycles. The number of non-ortho nitro benzene ring substituents is 1. The third-order valence-electron chi connectivity index (χ3n) is 3.09. The van der Waals surface area contributed by atoms with E-state index in [9.17, 15) is 15.2 Å². The van der Waals surface area contributed by atoms with Gasteiger partial charge in [-0.3, -0.25) is 10.1 Å². The molecule has 1 aliphatic heterocycles. The molecule has 1 fully saturated rings. The normalized spacial score (nSPS) is 17.6. The van der Waals surface area contributed by atoms with E-state index in [4.69, 9.17) is 0 Å². The lowest BCUT2D eigenvalue weighted by atomic mass is 9.89. The van der Waals surface area contributed by atoms with Crippen molar-refractivity contribution in [3.8, 4) is 0 Å². The van der Waals surface area contributed by atoms with Crippen LogP contribution < -0.4 is 4.90 Å². The molecule has 0 amide bonds. The van der Waals surface area contributed by atoms with Crippen LogP contribution in [0.3, 0.4) is 0 Å². The highest BCUT2D eigenvalue weighted by Gasteiger charge is 2.40. The van der Waals surface area contributed by atoms with Crippen molar-refractivity contribution in [3.63, 3.8) is 0 Å². The van der Waals surface area contributed by atoms with Crippen molar-refractivity contribution in [3.05, 3.63) is 34.4 Å². The zero-order valence-electron chi connectivity index (χ0n) is 9.80. The number of nitrogens with zero attached hydrogens (tertiary/aromatic N) is 2. The molecule has 0 bridgehead atoms. The second-order valence-electron chi connectivity index (χ2n) is 4.61. The lowest BCUT2D eigenvalue weighted by Gasteiger charge is -2.48. The maximum absolute atomic E-state index is 10.6. The third kappa shape index (κ3) is 2.39. The molecule has 5 nitrogen and oxygen atoms in total. The Labute approximate surface area is 99.8 Å². The second-order valence-corrected chi connectivity index (χ2v) is 4.61. The monoisotopic (exact) mass is 236 g/mol. The van der Waals surface area contributed by atoms with E-state index in [0.29, 0.717) is 13.1 Å². The minimum absolute atomic E-state index is 0.0911. The molecule has 5 heteroatoms. The lowest BCUT2D eigenvalue weighted by molar-refractivity contribution is -0.384. The van der Waals surface area contributed by atoms with Gasteiger partial charge < -0.3 is 10.0 Å². The molecule has 2 rings (SSSR count). The van der Waals surface area contributed by atoms with Gasteiger partial charge in [-0.05, 0) is 12.5 Å². The summed E-state index contributed by atoms with van der Waals surface area (Å²) in [5.41, 5.74) is 0.285. The lowest BCUT2D eigenvalue weighted by Crippen LogP contribution is -2.61. The molecule has 1 saturated heterocycles. The van der Waals surface area contributed by atoms with Crippen LogP contribution in [0, 0.1) is 10.1 Å². The van der Waals surface area contributed by atoms with E-state index >= 15 is 0 Å². The molecule has 92 valence electrons. The Bertz CT molecular complexity index is 428. The number of aliphatic hydroxyl groups is 1. The molecule has 1 heterocycles. The fraction of sp³-hybridized carbons (Fsp3) is 0.500. The van der Waals surface area contributed by atoms with Gasteiger partial charge in [-0.15, -0.1) is 0 Å². The fourth-order valence-electron chi connectivity index (χ4n) is 2.27. The first kappa shape index (κ1) is 11.9. The Hall–Kier alpha value is -1.62. The summed E-state index contributed by atoms with van der Waals surface area (Å²) in [4.78, 5) is 12.2. The summed E-state index contributed by atoms with van der Waals surface area (Å²) in [6.07, 6.45) is 1.72. The molecule has 17 heavy (non-hydrogen) atoms. The molecule has 0 atom stereocenters. The predicted molar refractivity (Wildman–Crippen MR) is 65.2 cm³/mol. The number of nitro benzene ring substituents is 1. The maximum atomic E-state index is 10.6. The first-order valence-electron chi connectivity index (χ1n) is 5.76. The zero-order valence-corrected chi connectivity index (χ0v) is 9.80.